The number of benzene rings is 1. The van der Waals surface area contributed by atoms with Gasteiger partial charge in [-0.15, -0.1) is 0 Å². The standard InChI is InChI=1S/C14H20N2O3/c1-4-10(5-2)15-14(19)16-12-9(3)7-6-8-11(12)13(17)18/h6-8,10H,4-5H2,1-3H3,(H,17,18)(H2,15,16,19). The fourth-order valence-corrected chi connectivity index (χ4v) is 1.84. The zero-order chi connectivity index (χ0) is 14.4. The SMILES string of the molecule is CCC(CC)NC(=O)Nc1c(C)cccc1C(=O)O. The summed E-state index contributed by atoms with van der Waals surface area (Å²) in [7, 11) is 0. The second-order valence-electron chi connectivity index (χ2n) is 4.41. The molecular formula is C14H20N2O3. The number of hydrogen-bond donors (Lipinski definition) is 3. The van der Waals surface area contributed by atoms with Crippen LogP contribution in [0.5, 0.6) is 0 Å². The largest absolute Gasteiger partial charge is 0.478 e. The third-order valence-electron chi connectivity index (χ3n) is 3.06. The van der Waals surface area contributed by atoms with E-state index < -0.39 is 5.97 Å². The van der Waals surface area contributed by atoms with Crippen molar-refractivity contribution in [3.63, 3.8) is 0 Å². The van der Waals surface area contributed by atoms with Crippen LogP contribution < -0.4 is 10.6 Å². The van der Waals surface area contributed by atoms with Crippen molar-refractivity contribution in [2.75, 3.05) is 5.32 Å². The Balaban J connectivity index is 2.87. The van der Waals surface area contributed by atoms with Gasteiger partial charge in [-0.25, -0.2) is 9.59 Å². The molecule has 2 amide bonds. The number of urea groups is 1. The van der Waals surface area contributed by atoms with E-state index in [-0.39, 0.29) is 17.6 Å². The molecule has 0 atom stereocenters. The lowest BCUT2D eigenvalue weighted by Crippen LogP contribution is -2.37. The number of carbonyl (C=O) groups excluding carboxylic acids is 1. The molecule has 3 N–H and O–H groups in total. The van der Waals surface area contributed by atoms with Gasteiger partial charge in [-0.3, -0.25) is 0 Å². The Morgan fingerprint density at radius 3 is 2.42 bits per heavy atom. The average molecular weight is 264 g/mol. The fourth-order valence-electron chi connectivity index (χ4n) is 1.84. The Bertz CT molecular complexity index is 468. The third kappa shape index (κ3) is 3.98. The molecule has 5 heteroatoms. The van der Waals surface area contributed by atoms with Crippen LogP contribution in [0.3, 0.4) is 0 Å². The molecule has 0 bridgehead atoms. The molecule has 0 saturated heterocycles. The number of amides is 2. The number of para-hydroxylation sites is 1. The molecular weight excluding hydrogens is 244 g/mol. The Morgan fingerprint density at radius 2 is 1.89 bits per heavy atom. The Labute approximate surface area is 113 Å². The molecule has 0 saturated carbocycles. The summed E-state index contributed by atoms with van der Waals surface area (Å²) in [5.74, 6) is -1.05. The number of anilines is 1. The van der Waals surface area contributed by atoms with Crippen molar-refractivity contribution in [2.45, 2.75) is 39.7 Å². The van der Waals surface area contributed by atoms with E-state index in [2.05, 4.69) is 10.6 Å². The second-order valence-corrected chi connectivity index (χ2v) is 4.41. The number of aromatic carboxylic acids is 1. The molecule has 0 fully saturated rings. The minimum absolute atomic E-state index is 0.0947. The van der Waals surface area contributed by atoms with Gasteiger partial charge >= 0.3 is 12.0 Å². The topological polar surface area (TPSA) is 78.4 Å². The molecule has 0 unspecified atom stereocenters. The lowest BCUT2D eigenvalue weighted by atomic mass is 10.1. The van der Waals surface area contributed by atoms with Crippen LogP contribution in [0.15, 0.2) is 18.2 Å². The third-order valence-corrected chi connectivity index (χ3v) is 3.06. The minimum Gasteiger partial charge on any atom is -0.478 e. The highest BCUT2D eigenvalue weighted by atomic mass is 16.4. The Kier molecular flexibility index (Phi) is 5.36. The zero-order valence-electron chi connectivity index (χ0n) is 11.5. The van der Waals surface area contributed by atoms with Crippen LogP contribution in [0.25, 0.3) is 0 Å². The summed E-state index contributed by atoms with van der Waals surface area (Å²) in [5.41, 5.74) is 1.16. The van der Waals surface area contributed by atoms with Crippen LogP contribution in [0.2, 0.25) is 0 Å². The van der Waals surface area contributed by atoms with Crippen LogP contribution in [0, 0.1) is 6.92 Å². The van der Waals surface area contributed by atoms with Crippen molar-refractivity contribution < 1.29 is 14.7 Å². The van der Waals surface area contributed by atoms with Crippen LogP contribution in [-0.2, 0) is 0 Å². The number of nitrogens with one attached hydrogen (secondary N) is 2. The van der Waals surface area contributed by atoms with Crippen molar-refractivity contribution in [3.05, 3.63) is 29.3 Å². The molecule has 0 aliphatic rings. The van der Waals surface area contributed by atoms with Crippen LogP contribution >= 0.6 is 0 Å². The van der Waals surface area contributed by atoms with E-state index in [4.69, 9.17) is 5.11 Å². The first-order valence-corrected chi connectivity index (χ1v) is 6.40. The van der Waals surface area contributed by atoms with Gasteiger partial charge in [0, 0.05) is 6.04 Å². The van der Waals surface area contributed by atoms with Crippen molar-refractivity contribution in [1.82, 2.24) is 5.32 Å². The smallest absolute Gasteiger partial charge is 0.337 e. The van der Waals surface area contributed by atoms with Crippen molar-refractivity contribution >= 4 is 17.7 Å². The molecule has 0 aromatic heterocycles. The maximum Gasteiger partial charge on any atom is 0.337 e. The maximum atomic E-state index is 11.9. The number of aryl methyl sites for hydroxylation is 1. The van der Waals surface area contributed by atoms with Gasteiger partial charge in [0.25, 0.3) is 0 Å². The molecule has 5 nitrogen and oxygen atoms in total. The van der Waals surface area contributed by atoms with Gasteiger partial charge in [-0.2, -0.15) is 0 Å². The summed E-state index contributed by atoms with van der Waals surface area (Å²) in [5, 5.41) is 14.5. The first-order chi connectivity index (χ1) is 8.99. The predicted octanol–water partition coefficient (Wildman–Crippen LogP) is 3.00. The lowest BCUT2D eigenvalue weighted by molar-refractivity contribution is 0.0698. The summed E-state index contributed by atoms with van der Waals surface area (Å²) >= 11 is 0. The van der Waals surface area contributed by atoms with Gasteiger partial charge in [0.1, 0.15) is 0 Å². The highest BCUT2D eigenvalue weighted by molar-refractivity contribution is 6.01. The van der Waals surface area contributed by atoms with Crippen molar-refractivity contribution in [3.8, 4) is 0 Å². The monoisotopic (exact) mass is 264 g/mol. The van der Waals surface area contributed by atoms with Gasteiger partial charge in [-0.05, 0) is 31.4 Å². The summed E-state index contributed by atoms with van der Waals surface area (Å²) in [4.78, 5) is 23.0. The first kappa shape index (κ1) is 15.0. The molecule has 1 aromatic rings. The molecule has 0 aliphatic carbocycles. The molecule has 104 valence electrons. The van der Waals surface area contributed by atoms with Gasteiger partial charge in [0.05, 0.1) is 11.3 Å². The summed E-state index contributed by atoms with van der Waals surface area (Å²) in [6, 6.07) is 4.62. The number of carboxylic acid groups (broad SMARTS) is 1. The zero-order valence-corrected chi connectivity index (χ0v) is 11.5. The quantitative estimate of drug-likeness (QED) is 0.765. The molecule has 0 aliphatic heterocycles. The van der Waals surface area contributed by atoms with Crippen LogP contribution in [-0.4, -0.2) is 23.1 Å². The second kappa shape index (κ2) is 6.78. The van der Waals surface area contributed by atoms with Crippen molar-refractivity contribution in [1.29, 1.82) is 0 Å². The first-order valence-electron chi connectivity index (χ1n) is 6.40. The van der Waals surface area contributed by atoms with Crippen molar-refractivity contribution in [2.24, 2.45) is 0 Å². The van der Waals surface area contributed by atoms with Gasteiger partial charge in [0.2, 0.25) is 0 Å². The summed E-state index contributed by atoms with van der Waals surface area (Å²) in [6.07, 6.45) is 1.67. The number of rotatable bonds is 5. The number of carboxylic acids is 1. The van der Waals surface area contributed by atoms with Gasteiger partial charge in [0.15, 0.2) is 0 Å². The molecule has 1 aromatic carbocycles. The van der Waals surface area contributed by atoms with Crippen LogP contribution in [0.4, 0.5) is 10.5 Å². The highest BCUT2D eigenvalue weighted by Gasteiger charge is 2.15. The summed E-state index contributed by atoms with van der Waals surface area (Å²) in [6.45, 7) is 5.75. The Morgan fingerprint density at radius 1 is 1.26 bits per heavy atom. The van der Waals surface area contributed by atoms with E-state index in [1.54, 1.807) is 19.1 Å². The highest BCUT2D eigenvalue weighted by Crippen LogP contribution is 2.20. The van der Waals surface area contributed by atoms with Gasteiger partial charge in [-0.1, -0.05) is 26.0 Å². The molecule has 1 rings (SSSR count). The average Bonchev–Trinajstić information content (AvgIpc) is 2.38. The molecule has 0 radical (unpaired) electrons. The van der Waals surface area contributed by atoms with E-state index in [0.29, 0.717) is 5.69 Å². The number of carbonyl (C=O) groups is 2. The van der Waals surface area contributed by atoms with E-state index in [0.717, 1.165) is 18.4 Å². The van der Waals surface area contributed by atoms with E-state index in [1.165, 1.54) is 6.07 Å². The van der Waals surface area contributed by atoms with E-state index in [1.807, 2.05) is 13.8 Å². The van der Waals surface area contributed by atoms with E-state index >= 15 is 0 Å². The molecule has 19 heavy (non-hydrogen) atoms. The summed E-state index contributed by atoms with van der Waals surface area (Å²) < 4.78 is 0. The van der Waals surface area contributed by atoms with Gasteiger partial charge < -0.3 is 15.7 Å². The van der Waals surface area contributed by atoms with Crippen LogP contribution in [0.1, 0.15) is 42.6 Å². The Hall–Kier alpha value is -2.04. The predicted molar refractivity (Wildman–Crippen MR) is 74.7 cm³/mol. The normalized spacial score (nSPS) is 10.3. The lowest BCUT2D eigenvalue weighted by Gasteiger charge is -2.17. The minimum atomic E-state index is -1.05. The molecule has 0 spiro atoms. The number of hydrogen-bond acceptors (Lipinski definition) is 2. The van der Waals surface area contributed by atoms with E-state index in [9.17, 15) is 9.59 Å². The fraction of sp³-hybridized carbons (Fsp3) is 0.429. The maximum absolute atomic E-state index is 11.9. The molecule has 0 heterocycles.